The van der Waals surface area contributed by atoms with Gasteiger partial charge in [-0.3, -0.25) is 14.5 Å². The minimum absolute atomic E-state index is 0.0414. The Kier molecular flexibility index (Phi) is 7.11. The summed E-state index contributed by atoms with van der Waals surface area (Å²) < 4.78 is 0. The fourth-order valence-corrected chi connectivity index (χ4v) is 4.68. The fourth-order valence-electron chi connectivity index (χ4n) is 4.68. The molecule has 1 heterocycles. The lowest BCUT2D eigenvalue weighted by molar-refractivity contribution is -0.127. The summed E-state index contributed by atoms with van der Waals surface area (Å²) in [7, 11) is 0. The van der Waals surface area contributed by atoms with Gasteiger partial charge in [-0.15, -0.1) is 0 Å². The Morgan fingerprint density at radius 3 is 2.18 bits per heavy atom. The first-order valence-corrected chi connectivity index (χ1v) is 10.8. The van der Waals surface area contributed by atoms with Crippen LogP contribution >= 0.6 is 0 Å². The highest BCUT2D eigenvalue weighted by Gasteiger charge is 2.26. The van der Waals surface area contributed by atoms with Gasteiger partial charge >= 0.3 is 0 Å². The monoisotopic (exact) mass is 385 g/mol. The van der Waals surface area contributed by atoms with Crippen LogP contribution < -0.4 is 10.6 Å². The predicted molar refractivity (Wildman–Crippen MR) is 113 cm³/mol. The van der Waals surface area contributed by atoms with Crippen molar-refractivity contribution in [3.8, 4) is 0 Å². The molecule has 5 heteroatoms. The summed E-state index contributed by atoms with van der Waals surface area (Å²) in [6.45, 7) is 8.27. The number of likely N-dealkylation sites (tertiary alicyclic amines) is 1. The van der Waals surface area contributed by atoms with E-state index in [9.17, 15) is 9.59 Å². The third-order valence-electron chi connectivity index (χ3n) is 6.22. The Morgan fingerprint density at radius 2 is 1.57 bits per heavy atom. The molecule has 154 valence electrons. The highest BCUT2D eigenvalue weighted by atomic mass is 16.2. The molecule has 5 nitrogen and oxygen atoms in total. The van der Waals surface area contributed by atoms with Gasteiger partial charge in [-0.2, -0.15) is 0 Å². The van der Waals surface area contributed by atoms with E-state index in [0.717, 1.165) is 55.6 Å². The summed E-state index contributed by atoms with van der Waals surface area (Å²) >= 11 is 0. The molecule has 1 aromatic carbocycles. The Labute approximate surface area is 169 Å². The van der Waals surface area contributed by atoms with E-state index in [1.165, 1.54) is 24.8 Å². The molecule has 2 fully saturated rings. The zero-order chi connectivity index (χ0) is 20.1. The number of hydrogen-bond donors (Lipinski definition) is 2. The molecule has 1 aliphatic carbocycles. The largest absolute Gasteiger partial charge is 0.353 e. The Bertz CT molecular complexity index is 679. The first kappa shape index (κ1) is 20.8. The lowest BCUT2D eigenvalue weighted by Crippen LogP contribution is -2.48. The van der Waals surface area contributed by atoms with Crippen LogP contribution in [0.4, 0.5) is 5.69 Å². The number of anilines is 1. The quantitative estimate of drug-likeness (QED) is 0.812. The van der Waals surface area contributed by atoms with Crippen molar-refractivity contribution >= 4 is 17.5 Å². The molecule has 0 unspecified atom stereocenters. The molecule has 0 atom stereocenters. The van der Waals surface area contributed by atoms with Crippen molar-refractivity contribution in [3.63, 3.8) is 0 Å². The van der Waals surface area contributed by atoms with Gasteiger partial charge in [0.25, 0.3) is 0 Å². The van der Waals surface area contributed by atoms with Crippen molar-refractivity contribution in [1.82, 2.24) is 10.2 Å². The first-order valence-electron chi connectivity index (χ1n) is 10.8. The Hall–Kier alpha value is -1.88. The number of hydrogen-bond acceptors (Lipinski definition) is 3. The molecule has 28 heavy (non-hydrogen) atoms. The molecule has 0 aromatic heterocycles. The van der Waals surface area contributed by atoms with E-state index in [1.807, 2.05) is 13.8 Å². The van der Waals surface area contributed by atoms with Crippen LogP contribution in [0.3, 0.4) is 0 Å². The third kappa shape index (κ3) is 5.57. The second-order valence-corrected chi connectivity index (χ2v) is 8.72. The molecular formula is C23H35N3O2. The number of rotatable bonds is 5. The molecule has 1 saturated heterocycles. The van der Waals surface area contributed by atoms with Gasteiger partial charge in [0.15, 0.2) is 0 Å². The topological polar surface area (TPSA) is 61.4 Å². The van der Waals surface area contributed by atoms with E-state index in [1.54, 1.807) is 0 Å². The number of amides is 2. The minimum Gasteiger partial charge on any atom is -0.353 e. The van der Waals surface area contributed by atoms with Crippen molar-refractivity contribution in [3.05, 3.63) is 28.8 Å². The molecule has 1 aliphatic heterocycles. The molecule has 0 radical (unpaired) electrons. The first-order chi connectivity index (χ1) is 13.4. The van der Waals surface area contributed by atoms with E-state index in [4.69, 9.17) is 0 Å². The second kappa shape index (κ2) is 9.55. The molecule has 2 amide bonds. The average Bonchev–Trinajstić information content (AvgIpc) is 2.67. The lowest BCUT2D eigenvalue weighted by atomic mass is 9.88. The number of carbonyl (C=O) groups is 2. The zero-order valence-corrected chi connectivity index (χ0v) is 17.6. The van der Waals surface area contributed by atoms with Crippen molar-refractivity contribution in [1.29, 1.82) is 0 Å². The average molecular weight is 386 g/mol. The van der Waals surface area contributed by atoms with Crippen molar-refractivity contribution < 1.29 is 9.59 Å². The minimum atomic E-state index is 0.0414. The summed E-state index contributed by atoms with van der Waals surface area (Å²) in [6.07, 6.45) is 7.58. The number of nitrogens with one attached hydrogen (secondary N) is 2. The van der Waals surface area contributed by atoms with Crippen LogP contribution in [0.1, 0.15) is 61.6 Å². The number of aryl methyl sites for hydroxylation is 3. The fraction of sp³-hybridized carbons (Fsp3) is 0.652. The van der Waals surface area contributed by atoms with Gasteiger partial charge in [0.1, 0.15) is 0 Å². The van der Waals surface area contributed by atoms with Gasteiger partial charge in [-0.25, -0.2) is 0 Å². The van der Waals surface area contributed by atoms with Crippen LogP contribution in [0.2, 0.25) is 0 Å². The number of carbonyl (C=O) groups excluding carboxylic acids is 2. The van der Waals surface area contributed by atoms with Crippen LogP contribution in [0.5, 0.6) is 0 Å². The van der Waals surface area contributed by atoms with Crippen molar-refractivity contribution in [2.45, 2.75) is 71.8 Å². The van der Waals surface area contributed by atoms with Crippen molar-refractivity contribution in [2.75, 3.05) is 25.0 Å². The molecule has 2 N–H and O–H groups in total. The van der Waals surface area contributed by atoms with E-state index in [0.29, 0.717) is 6.54 Å². The molecule has 1 saturated carbocycles. The molecule has 0 bridgehead atoms. The zero-order valence-electron chi connectivity index (χ0n) is 17.6. The van der Waals surface area contributed by atoms with E-state index < -0.39 is 0 Å². The third-order valence-corrected chi connectivity index (χ3v) is 6.22. The van der Waals surface area contributed by atoms with Gasteiger partial charge in [-0.1, -0.05) is 37.0 Å². The Morgan fingerprint density at radius 1 is 0.964 bits per heavy atom. The normalized spacial score (nSPS) is 19.4. The number of benzene rings is 1. The van der Waals surface area contributed by atoms with E-state index in [-0.39, 0.29) is 23.8 Å². The molecule has 3 rings (SSSR count). The smallest absolute Gasteiger partial charge is 0.238 e. The summed E-state index contributed by atoms with van der Waals surface area (Å²) in [4.78, 5) is 27.1. The van der Waals surface area contributed by atoms with E-state index in [2.05, 4.69) is 34.6 Å². The van der Waals surface area contributed by atoms with Crippen LogP contribution in [0.15, 0.2) is 12.1 Å². The van der Waals surface area contributed by atoms with Gasteiger partial charge in [-0.05, 0) is 57.6 Å². The van der Waals surface area contributed by atoms with E-state index >= 15 is 0 Å². The maximum Gasteiger partial charge on any atom is 0.238 e. The van der Waals surface area contributed by atoms with Crippen LogP contribution in [-0.2, 0) is 9.59 Å². The molecular weight excluding hydrogens is 350 g/mol. The van der Waals surface area contributed by atoms with Crippen LogP contribution in [-0.4, -0.2) is 42.4 Å². The second-order valence-electron chi connectivity index (χ2n) is 8.72. The van der Waals surface area contributed by atoms with Crippen molar-refractivity contribution in [2.24, 2.45) is 5.92 Å². The summed E-state index contributed by atoms with van der Waals surface area (Å²) in [5, 5.41) is 6.35. The SMILES string of the molecule is Cc1cc(C)c(NC(=O)CN2CCC(NC(=O)C3CCCCC3)CC2)c(C)c1. The number of nitrogens with zero attached hydrogens (tertiary/aromatic N) is 1. The standard InChI is InChI=1S/C23H35N3O2/c1-16-13-17(2)22(18(3)14-16)25-21(27)15-26-11-9-20(10-12-26)24-23(28)19-7-5-4-6-8-19/h13-14,19-20H,4-12,15H2,1-3H3,(H,24,28)(H,25,27). The van der Waals surface area contributed by atoms with Gasteiger partial charge < -0.3 is 10.6 Å². The lowest BCUT2D eigenvalue weighted by Gasteiger charge is -2.33. The molecule has 0 spiro atoms. The highest BCUT2D eigenvalue weighted by Crippen LogP contribution is 2.24. The summed E-state index contributed by atoms with van der Waals surface area (Å²) in [5.41, 5.74) is 4.36. The Balaban J connectivity index is 1.42. The van der Waals surface area contributed by atoms with Gasteiger partial charge in [0, 0.05) is 30.7 Å². The predicted octanol–water partition coefficient (Wildman–Crippen LogP) is 3.71. The van der Waals surface area contributed by atoms with Crippen LogP contribution in [0, 0.1) is 26.7 Å². The van der Waals surface area contributed by atoms with Crippen LogP contribution in [0.25, 0.3) is 0 Å². The number of piperidine rings is 1. The molecule has 1 aromatic rings. The molecule has 2 aliphatic rings. The highest BCUT2D eigenvalue weighted by molar-refractivity contribution is 5.93. The summed E-state index contributed by atoms with van der Waals surface area (Å²) in [5.74, 6) is 0.513. The van der Waals surface area contributed by atoms with Gasteiger partial charge in [0.05, 0.1) is 6.54 Å². The summed E-state index contributed by atoms with van der Waals surface area (Å²) in [6, 6.07) is 4.46. The van der Waals surface area contributed by atoms with Gasteiger partial charge in [0.2, 0.25) is 11.8 Å². The maximum absolute atomic E-state index is 12.5. The maximum atomic E-state index is 12.5.